The molecule has 0 radical (unpaired) electrons. The van der Waals surface area contributed by atoms with Gasteiger partial charge in [-0.25, -0.2) is 4.68 Å². The molecule has 2 rings (SSSR count). The van der Waals surface area contributed by atoms with Crippen LogP contribution in [0.25, 0.3) is 0 Å². The average molecular weight is 258 g/mol. The molecular weight excluding hydrogens is 240 g/mol. The number of anilines is 2. The Balaban J connectivity index is 1.85. The molecule has 0 saturated carbocycles. The molecular formula is C14H18N4O. The fraction of sp³-hybridized carbons (Fsp3) is 0.286. The minimum atomic E-state index is -0.0818. The molecule has 1 amide bonds. The lowest BCUT2D eigenvalue weighted by Crippen LogP contribution is -2.23. The Labute approximate surface area is 112 Å². The summed E-state index contributed by atoms with van der Waals surface area (Å²) in [6, 6.07) is 11.4. The Bertz CT molecular complexity index is 521. The van der Waals surface area contributed by atoms with E-state index in [0.717, 1.165) is 24.5 Å². The van der Waals surface area contributed by atoms with E-state index in [1.807, 2.05) is 30.3 Å². The van der Waals surface area contributed by atoms with Gasteiger partial charge in [0.05, 0.1) is 12.7 Å². The predicted molar refractivity (Wildman–Crippen MR) is 76.1 cm³/mol. The standard InChI is InChI=1S/C14H18N4O/c1-2-10-18-13(8-9-16-18)17-14(19)11-15-12-6-4-3-5-7-12/h3-9,15H,2,10-11H2,1H3,(H,17,19). The lowest BCUT2D eigenvalue weighted by molar-refractivity contribution is -0.114. The van der Waals surface area contributed by atoms with E-state index in [1.54, 1.807) is 16.9 Å². The van der Waals surface area contributed by atoms with Gasteiger partial charge in [0.1, 0.15) is 5.82 Å². The van der Waals surface area contributed by atoms with Crippen molar-refractivity contribution in [2.24, 2.45) is 0 Å². The number of carbonyl (C=O) groups is 1. The molecule has 1 heterocycles. The van der Waals surface area contributed by atoms with Crippen LogP contribution >= 0.6 is 0 Å². The number of benzene rings is 1. The number of para-hydroxylation sites is 1. The van der Waals surface area contributed by atoms with Crippen molar-refractivity contribution in [3.63, 3.8) is 0 Å². The molecule has 0 bridgehead atoms. The fourth-order valence-electron chi connectivity index (χ4n) is 1.75. The smallest absolute Gasteiger partial charge is 0.244 e. The number of aryl methyl sites for hydroxylation is 1. The van der Waals surface area contributed by atoms with E-state index in [4.69, 9.17) is 0 Å². The Kier molecular flexibility index (Phi) is 4.55. The highest BCUT2D eigenvalue weighted by Gasteiger charge is 2.06. The number of nitrogens with zero attached hydrogens (tertiary/aromatic N) is 2. The van der Waals surface area contributed by atoms with Crippen LogP contribution in [0, 0.1) is 0 Å². The lowest BCUT2D eigenvalue weighted by atomic mass is 10.3. The second kappa shape index (κ2) is 6.58. The normalized spacial score (nSPS) is 10.2. The van der Waals surface area contributed by atoms with Gasteiger partial charge in [0.25, 0.3) is 0 Å². The monoisotopic (exact) mass is 258 g/mol. The molecule has 0 spiro atoms. The van der Waals surface area contributed by atoms with Gasteiger partial charge >= 0.3 is 0 Å². The minimum absolute atomic E-state index is 0.0818. The van der Waals surface area contributed by atoms with Crippen molar-refractivity contribution >= 4 is 17.4 Å². The molecule has 100 valence electrons. The number of carbonyl (C=O) groups excluding carboxylic acids is 1. The lowest BCUT2D eigenvalue weighted by Gasteiger charge is -2.09. The molecule has 2 N–H and O–H groups in total. The van der Waals surface area contributed by atoms with Crippen molar-refractivity contribution in [3.8, 4) is 0 Å². The summed E-state index contributed by atoms with van der Waals surface area (Å²) < 4.78 is 1.79. The Morgan fingerprint density at radius 3 is 2.79 bits per heavy atom. The summed E-state index contributed by atoms with van der Waals surface area (Å²) in [5.41, 5.74) is 0.930. The van der Waals surface area contributed by atoms with Gasteiger partial charge in [0.2, 0.25) is 5.91 Å². The van der Waals surface area contributed by atoms with Crippen LogP contribution in [0.2, 0.25) is 0 Å². The molecule has 0 unspecified atom stereocenters. The molecule has 0 saturated heterocycles. The van der Waals surface area contributed by atoms with Crippen LogP contribution in [0.5, 0.6) is 0 Å². The van der Waals surface area contributed by atoms with E-state index in [0.29, 0.717) is 0 Å². The van der Waals surface area contributed by atoms with Crippen LogP contribution in [0.4, 0.5) is 11.5 Å². The van der Waals surface area contributed by atoms with Crippen LogP contribution in [0.15, 0.2) is 42.6 Å². The largest absolute Gasteiger partial charge is 0.376 e. The van der Waals surface area contributed by atoms with Gasteiger partial charge in [0, 0.05) is 18.3 Å². The highest BCUT2D eigenvalue weighted by atomic mass is 16.2. The summed E-state index contributed by atoms with van der Waals surface area (Å²) in [6.45, 7) is 3.11. The maximum absolute atomic E-state index is 11.8. The summed E-state index contributed by atoms with van der Waals surface area (Å²) >= 11 is 0. The van der Waals surface area contributed by atoms with Crippen molar-refractivity contribution in [2.45, 2.75) is 19.9 Å². The van der Waals surface area contributed by atoms with Crippen molar-refractivity contribution in [1.29, 1.82) is 0 Å². The highest BCUT2D eigenvalue weighted by Crippen LogP contribution is 2.07. The van der Waals surface area contributed by atoms with Crippen LogP contribution < -0.4 is 10.6 Å². The molecule has 0 aliphatic heterocycles. The summed E-state index contributed by atoms with van der Waals surface area (Å²) in [5.74, 6) is 0.656. The van der Waals surface area contributed by atoms with Gasteiger partial charge in [-0.05, 0) is 18.6 Å². The van der Waals surface area contributed by atoms with E-state index < -0.39 is 0 Å². The van der Waals surface area contributed by atoms with E-state index in [-0.39, 0.29) is 12.5 Å². The molecule has 2 aromatic rings. The van der Waals surface area contributed by atoms with Crippen molar-refractivity contribution in [2.75, 3.05) is 17.2 Å². The zero-order valence-corrected chi connectivity index (χ0v) is 11.0. The van der Waals surface area contributed by atoms with Gasteiger partial charge in [0.15, 0.2) is 0 Å². The van der Waals surface area contributed by atoms with Crippen molar-refractivity contribution in [3.05, 3.63) is 42.6 Å². The topological polar surface area (TPSA) is 59.0 Å². The molecule has 1 aromatic heterocycles. The highest BCUT2D eigenvalue weighted by molar-refractivity contribution is 5.92. The van der Waals surface area contributed by atoms with Gasteiger partial charge in [-0.2, -0.15) is 5.10 Å². The molecule has 1 aromatic carbocycles. The summed E-state index contributed by atoms with van der Waals surface area (Å²) in [7, 11) is 0. The number of amides is 1. The van der Waals surface area contributed by atoms with Crippen molar-refractivity contribution < 1.29 is 4.79 Å². The number of nitrogens with one attached hydrogen (secondary N) is 2. The summed E-state index contributed by atoms with van der Waals surface area (Å²) in [4.78, 5) is 11.8. The number of aromatic nitrogens is 2. The van der Waals surface area contributed by atoms with Gasteiger partial charge < -0.3 is 10.6 Å². The first-order valence-electron chi connectivity index (χ1n) is 6.40. The molecule has 0 fully saturated rings. The first-order chi connectivity index (χ1) is 9.29. The minimum Gasteiger partial charge on any atom is -0.376 e. The molecule has 0 atom stereocenters. The Morgan fingerprint density at radius 1 is 1.26 bits per heavy atom. The maximum atomic E-state index is 11.8. The van der Waals surface area contributed by atoms with Crippen LogP contribution in [0.3, 0.4) is 0 Å². The molecule has 19 heavy (non-hydrogen) atoms. The summed E-state index contributed by atoms with van der Waals surface area (Å²) in [6.07, 6.45) is 2.67. The zero-order valence-electron chi connectivity index (χ0n) is 11.0. The molecule has 0 aliphatic carbocycles. The third-order valence-electron chi connectivity index (χ3n) is 2.65. The van der Waals surface area contributed by atoms with E-state index >= 15 is 0 Å². The van der Waals surface area contributed by atoms with Gasteiger partial charge in [-0.3, -0.25) is 4.79 Å². The second-order valence-corrected chi connectivity index (χ2v) is 4.21. The third kappa shape index (κ3) is 3.84. The van der Waals surface area contributed by atoms with Crippen LogP contribution in [-0.4, -0.2) is 22.2 Å². The van der Waals surface area contributed by atoms with E-state index in [1.165, 1.54) is 0 Å². The van der Waals surface area contributed by atoms with Crippen LogP contribution in [0.1, 0.15) is 13.3 Å². The zero-order chi connectivity index (χ0) is 13.5. The average Bonchev–Trinajstić information content (AvgIpc) is 2.85. The summed E-state index contributed by atoms with van der Waals surface area (Å²) in [5, 5.41) is 10.1. The fourth-order valence-corrected chi connectivity index (χ4v) is 1.75. The predicted octanol–water partition coefficient (Wildman–Crippen LogP) is 2.34. The van der Waals surface area contributed by atoms with E-state index in [9.17, 15) is 4.79 Å². The third-order valence-corrected chi connectivity index (χ3v) is 2.65. The number of rotatable bonds is 6. The SMILES string of the molecule is CCCn1nccc1NC(=O)CNc1ccccc1. The molecule has 5 heteroatoms. The molecule has 5 nitrogen and oxygen atoms in total. The van der Waals surface area contributed by atoms with Gasteiger partial charge in [-0.1, -0.05) is 25.1 Å². The van der Waals surface area contributed by atoms with Crippen LogP contribution in [-0.2, 0) is 11.3 Å². The first-order valence-corrected chi connectivity index (χ1v) is 6.40. The van der Waals surface area contributed by atoms with Crippen molar-refractivity contribution in [1.82, 2.24) is 9.78 Å². The van der Waals surface area contributed by atoms with Gasteiger partial charge in [-0.15, -0.1) is 0 Å². The van der Waals surface area contributed by atoms with E-state index in [2.05, 4.69) is 22.7 Å². The number of hydrogen-bond donors (Lipinski definition) is 2. The maximum Gasteiger partial charge on any atom is 0.244 e. The Hall–Kier alpha value is -2.30. The number of hydrogen-bond acceptors (Lipinski definition) is 3. The second-order valence-electron chi connectivity index (χ2n) is 4.21. The first kappa shape index (κ1) is 13.1. The Morgan fingerprint density at radius 2 is 2.05 bits per heavy atom. The molecule has 0 aliphatic rings. The quantitative estimate of drug-likeness (QED) is 0.836.